The molecule has 0 spiro atoms. The van der Waals surface area contributed by atoms with Crippen LogP contribution in [0.4, 0.5) is 0 Å². The number of rotatable bonds is 3. The van der Waals surface area contributed by atoms with Crippen LogP contribution in [-0.2, 0) is 9.53 Å². The molecule has 1 atom stereocenters. The molecule has 1 rings (SSSR count). The third kappa shape index (κ3) is 2.01. The van der Waals surface area contributed by atoms with Crippen LogP contribution in [0.15, 0.2) is 10.6 Å². The van der Waals surface area contributed by atoms with Crippen molar-refractivity contribution in [1.29, 1.82) is 0 Å². The zero-order valence-electron chi connectivity index (χ0n) is 7.39. The fourth-order valence-corrected chi connectivity index (χ4v) is 1.63. The average Bonchev–Trinajstić information content (AvgIpc) is 2.82. The van der Waals surface area contributed by atoms with E-state index in [-0.39, 0.29) is 0 Å². The topological polar surface area (TPSA) is 26.3 Å². The van der Waals surface area contributed by atoms with Gasteiger partial charge in [-0.3, -0.25) is 0 Å². The Kier molecular flexibility index (Phi) is 3.15. The van der Waals surface area contributed by atoms with Crippen molar-refractivity contribution >= 4 is 17.6 Å². The fraction of sp³-hybridized carbons (Fsp3) is 0.667. The zero-order valence-corrected chi connectivity index (χ0v) is 8.15. The highest BCUT2D eigenvalue weighted by Gasteiger charge is 2.33. The second-order valence-electron chi connectivity index (χ2n) is 3.02. The highest BCUT2D eigenvalue weighted by atomic mass is 35.5. The molecule has 1 aliphatic rings. The number of ether oxygens (including phenoxy) is 1. The van der Waals surface area contributed by atoms with Crippen molar-refractivity contribution in [3.8, 4) is 0 Å². The molecular formula is C9H13ClO2. The molecule has 0 N–H and O–H groups in total. The van der Waals surface area contributed by atoms with Crippen molar-refractivity contribution in [2.45, 2.75) is 26.2 Å². The van der Waals surface area contributed by atoms with Gasteiger partial charge in [-0.05, 0) is 24.3 Å². The van der Waals surface area contributed by atoms with Gasteiger partial charge >= 0.3 is 5.97 Å². The van der Waals surface area contributed by atoms with E-state index in [4.69, 9.17) is 11.6 Å². The van der Waals surface area contributed by atoms with Crippen LogP contribution in [0.2, 0.25) is 0 Å². The van der Waals surface area contributed by atoms with Crippen LogP contribution < -0.4 is 0 Å². The van der Waals surface area contributed by atoms with Crippen LogP contribution in [0.25, 0.3) is 0 Å². The van der Waals surface area contributed by atoms with Gasteiger partial charge in [-0.1, -0.05) is 24.9 Å². The van der Waals surface area contributed by atoms with Gasteiger partial charge in [0.1, 0.15) is 5.03 Å². The summed E-state index contributed by atoms with van der Waals surface area (Å²) >= 11 is 5.76. The van der Waals surface area contributed by atoms with Gasteiger partial charge in [0, 0.05) is 0 Å². The van der Waals surface area contributed by atoms with Gasteiger partial charge in [-0.15, -0.1) is 0 Å². The highest BCUT2D eigenvalue weighted by Crippen LogP contribution is 2.44. The van der Waals surface area contributed by atoms with Gasteiger partial charge in [0.15, 0.2) is 0 Å². The minimum absolute atomic E-state index is 0.302. The van der Waals surface area contributed by atoms with Crippen molar-refractivity contribution in [2.75, 3.05) is 7.11 Å². The Morgan fingerprint density at radius 3 is 2.92 bits per heavy atom. The summed E-state index contributed by atoms with van der Waals surface area (Å²) in [6, 6.07) is 0. The Balaban J connectivity index is 2.52. The normalized spacial score (nSPS) is 25.1. The first-order valence-electron chi connectivity index (χ1n) is 4.17. The van der Waals surface area contributed by atoms with Crippen molar-refractivity contribution < 1.29 is 9.53 Å². The third-order valence-electron chi connectivity index (χ3n) is 2.08. The molecule has 0 saturated heterocycles. The van der Waals surface area contributed by atoms with Crippen molar-refractivity contribution in [3.05, 3.63) is 10.6 Å². The smallest absolute Gasteiger partial charge is 0.349 e. The maximum absolute atomic E-state index is 10.9. The van der Waals surface area contributed by atoms with E-state index in [1.165, 1.54) is 7.11 Å². The average molecular weight is 189 g/mol. The number of methoxy groups -OCH3 is 1. The van der Waals surface area contributed by atoms with Crippen LogP contribution in [0.1, 0.15) is 26.2 Å². The minimum Gasteiger partial charge on any atom is -0.465 e. The maximum Gasteiger partial charge on any atom is 0.349 e. The number of esters is 1. The van der Waals surface area contributed by atoms with Gasteiger partial charge in [0.05, 0.1) is 7.11 Å². The summed E-state index contributed by atoms with van der Waals surface area (Å²) in [6.07, 6.45) is 3.24. The molecule has 0 radical (unpaired) electrons. The van der Waals surface area contributed by atoms with Crippen LogP contribution in [-0.4, -0.2) is 13.1 Å². The molecule has 1 saturated carbocycles. The molecule has 0 aromatic rings. The van der Waals surface area contributed by atoms with Gasteiger partial charge in [0.25, 0.3) is 0 Å². The van der Waals surface area contributed by atoms with E-state index in [0.717, 1.165) is 24.8 Å². The third-order valence-corrected chi connectivity index (χ3v) is 2.48. The van der Waals surface area contributed by atoms with E-state index in [0.29, 0.717) is 11.0 Å². The van der Waals surface area contributed by atoms with Crippen molar-refractivity contribution in [2.24, 2.45) is 5.92 Å². The standard InChI is InChI=1S/C9H13ClO2/c1-3-4-6-5-7(6)8(10)9(11)12-2/h6H,3-5H2,1-2H3. The molecule has 1 aliphatic carbocycles. The quantitative estimate of drug-likeness (QED) is 0.503. The number of carbonyl (C=O) groups is 1. The summed E-state index contributed by atoms with van der Waals surface area (Å²) in [5.41, 5.74) is 1.07. The van der Waals surface area contributed by atoms with E-state index in [1.807, 2.05) is 0 Å². The number of hydrogen-bond donors (Lipinski definition) is 0. The van der Waals surface area contributed by atoms with Crippen LogP contribution in [0.3, 0.4) is 0 Å². The van der Waals surface area contributed by atoms with Crippen molar-refractivity contribution in [3.63, 3.8) is 0 Å². The zero-order chi connectivity index (χ0) is 9.14. The lowest BCUT2D eigenvalue weighted by Crippen LogP contribution is -1.99. The Morgan fingerprint density at radius 2 is 2.42 bits per heavy atom. The summed E-state index contributed by atoms with van der Waals surface area (Å²) in [7, 11) is 1.35. The lowest BCUT2D eigenvalue weighted by atomic mass is 10.2. The monoisotopic (exact) mass is 188 g/mol. The molecule has 1 unspecified atom stereocenters. The largest absolute Gasteiger partial charge is 0.465 e. The van der Waals surface area contributed by atoms with Crippen molar-refractivity contribution in [1.82, 2.24) is 0 Å². The SMILES string of the molecule is CCCC1CC1=C(Cl)C(=O)OC. The minimum atomic E-state index is -0.398. The van der Waals surface area contributed by atoms with E-state index in [9.17, 15) is 4.79 Å². The first kappa shape index (κ1) is 9.59. The molecule has 68 valence electrons. The predicted octanol–water partition coefficient (Wildman–Crippen LogP) is 2.47. The van der Waals surface area contributed by atoms with E-state index >= 15 is 0 Å². The first-order valence-corrected chi connectivity index (χ1v) is 4.55. The van der Waals surface area contributed by atoms with Crippen LogP contribution in [0, 0.1) is 5.92 Å². The number of carbonyl (C=O) groups excluding carboxylic acids is 1. The molecule has 0 aromatic heterocycles. The summed E-state index contributed by atoms with van der Waals surface area (Å²) in [4.78, 5) is 10.9. The summed E-state index contributed by atoms with van der Waals surface area (Å²) < 4.78 is 4.51. The van der Waals surface area contributed by atoms with E-state index in [2.05, 4.69) is 11.7 Å². The summed E-state index contributed by atoms with van der Waals surface area (Å²) in [5, 5.41) is 0.302. The molecule has 0 heterocycles. The Bertz CT molecular complexity index is 221. The molecule has 1 fully saturated rings. The van der Waals surface area contributed by atoms with Crippen LogP contribution >= 0.6 is 11.6 Å². The fourth-order valence-electron chi connectivity index (χ4n) is 1.32. The first-order chi connectivity index (χ1) is 5.70. The molecular weight excluding hydrogens is 176 g/mol. The molecule has 0 bridgehead atoms. The highest BCUT2D eigenvalue weighted by molar-refractivity contribution is 6.41. The predicted molar refractivity (Wildman–Crippen MR) is 47.9 cm³/mol. The second kappa shape index (κ2) is 3.94. The molecule has 3 heteroatoms. The number of halogens is 1. The van der Waals surface area contributed by atoms with Crippen LogP contribution in [0.5, 0.6) is 0 Å². The van der Waals surface area contributed by atoms with Gasteiger partial charge in [-0.2, -0.15) is 0 Å². The number of allylic oxidation sites excluding steroid dienone is 1. The van der Waals surface area contributed by atoms with E-state index < -0.39 is 5.97 Å². The molecule has 0 aliphatic heterocycles. The summed E-state index contributed by atoms with van der Waals surface area (Å²) in [6.45, 7) is 2.13. The molecule has 2 nitrogen and oxygen atoms in total. The van der Waals surface area contributed by atoms with Gasteiger partial charge in [0.2, 0.25) is 0 Å². The Labute approximate surface area is 77.5 Å². The van der Waals surface area contributed by atoms with Gasteiger partial charge in [-0.25, -0.2) is 4.79 Å². The lowest BCUT2D eigenvalue weighted by Gasteiger charge is -1.94. The lowest BCUT2D eigenvalue weighted by molar-refractivity contribution is -0.135. The maximum atomic E-state index is 10.9. The van der Waals surface area contributed by atoms with Gasteiger partial charge < -0.3 is 4.74 Å². The Morgan fingerprint density at radius 1 is 1.75 bits per heavy atom. The number of hydrogen-bond acceptors (Lipinski definition) is 2. The Hall–Kier alpha value is -0.500. The van der Waals surface area contributed by atoms with E-state index in [1.54, 1.807) is 0 Å². The second-order valence-corrected chi connectivity index (χ2v) is 3.40. The molecule has 12 heavy (non-hydrogen) atoms. The molecule has 0 aromatic carbocycles. The summed E-state index contributed by atoms with van der Waals surface area (Å²) in [5.74, 6) is 0.145. The molecule has 0 amide bonds.